The number of ether oxygens (including phenoxy) is 2. The number of hydrogen-bond acceptors (Lipinski definition) is 6. The highest BCUT2D eigenvalue weighted by Crippen LogP contribution is 2.35. The summed E-state index contributed by atoms with van der Waals surface area (Å²) in [5, 5.41) is 15.8. The molecule has 2 aromatic rings. The first-order valence-electron chi connectivity index (χ1n) is 13.2. The lowest BCUT2D eigenvalue weighted by molar-refractivity contribution is -0.144. The van der Waals surface area contributed by atoms with Gasteiger partial charge in [-0.2, -0.15) is 0 Å². The van der Waals surface area contributed by atoms with E-state index in [0.717, 1.165) is 50.2 Å². The number of fused-ring (bicyclic) bond motifs is 1. The van der Waals surface area contributed by atoms with Crippen LogP contribution in [0.1, 0.15) is 55.3 Å². The van der Waals surface area contributed by atoms with Gasteiger partial charge in [-0.05, 0) is 74.3 Å². The summed E-state index contributed by atoms with van der Waals surface area (Å²) < 4.78 is 24.6. The summed E-state index contributed by atoms with van der Waals surface area (Å²) in [6.45, 7) is 2.47. The van der Waals surface area contributed by atoms with Gasteiger partial charge in [0, 0.05) is 45.1 Å². The lowest BCUT2D eigenvalue weighted by atomic mass is 9.73. The van der Waals surface area contributed by atoms with Crippen LogP contribution in [0, 0.1) is 5.82 Å². The minimum atomic E-state index is -1.11. The molecule has 1 saturated heterocycles. The van der Waals surface area contributed by atoms with Crippen molar-refractivity contribution < 1.29 is 28.6 Å². The Labute approximate surface area is 217 Å². The Hall–Kier alpha value is -3.04. The van der Waals surface area contributed by atoms with Crippen molar-refractivity contribution in [3.8, 4) is 0 Å². The van der Waals surface area contributed by atoms with E-state index in [1.807, 2.05) is 0 Å². The molecular weight excluding hydrogens is 477 g/mol. The van der Waals surface area contributed by atoms with Crippen LogP contribution in [0.3, 0.4) is 0 Å². The summed E-state index contributed by atoms with van der Waals surface area (Å²) in [4.78, 5) is 29.9. The van der Waals surface area contributed by atoms with Gasteiger partial charge in [0.25, 0.3) is 0 Å². The highest BCUT2D eigenvalue weighted by molar-refractivity contribution is 5.91. The summed E-state index contributed by atoms with van der Waals surface area (Å²) in [6, 6.07) is 9.00. The molecule has 0 spiro atoms. The van der Waals surface area contributed by atoms with Gasteiger partial charge in [-0.25, -0.2) is 14.2 Å². The normalized spacial score (nSPS) is 17.3. The molecule has 1 aromatic heterocycles. The van der Waals surface area contributed by atoms with Crippen molar-refractivity contribution in [2.45, 2.75) is 62.8 Å². The fraction of sp³-hybridized carbons (Fsp3) is 0.536. The predicted octanol–water partition coefficient (Wildman–Crippen LogP) is 3.63. The number of amides is 1. The van der Waals surface area contributed by atoms with Crippen LogP contribution in [0.15, 0.2) is 36.4 Å². The number of benzene rings is 1. The molecule has 8 nitrogen and oxygen atoms in total. The van der Waals surface area contributed by atoms with Gasteiger partial charge in [0.2, 0.25) is 5.91 Å². The van der Waals surface area contributed by atoms with Gasteiger partial charge in [0.05, 0.1) is 5.41 Å². The molecule has 0 bridgehead atoms. The zero-order valence-electron chi connectivity index (χ0n) is 21.1. The maximum atomic E-state index is 13.5. The second-order valence-corrected chi connectivity index (χ2v) is 9.76. The molecule has 1 amide bonds. The molecule has 3 N–H and O–H groups in total. The summed E-state index contributed by atoms with van der Waals surface area (Å²) in [6.07, 6.45) is 5.81. The SMILES string of the molecule is O=C(O)[C@H](CCOCCCCc1ccc2c(n1)NCCC2)NC(=O)C1(c2ccc(F)cc2)CCOCC1. The van der Waals surface area contributed by atoms with E-state index < -0.39 is 17.4 Å². The van der Waals surface area contributed by atoms with Crippen LogP contribution in [0.2, 0.25) is 0 Å². The predicted molar refractivity (Wildman–Crippen MR) is 137 cm³/mol. The number of carbonyl (C=O) groups is 2. The highest BCUT2D eigenvalue weighted by atomic mass is 19.1. The first kappa shape index (κ1) is 27.0. The van der Waals surface area contributed by atoms with Crippen LogP contribution in [-0.2, 0) is 37.3 Å². The minimum Gasteiger partial charge on any atom is -0.480 e. The van der Waals surface area contributed by atoms with Crippen LogP contribution in [0.5, 0.6) is 0 Å². The standard InChI is InChI=1S/C28H36FN3O5/c29-22-9-7-21(8-10-22)28(13-18-37-19-14-28)27(35)32-24(26(33)34)12-17-36-16-2-1-5-23-11-6-20-4-3-15-30-25(20)31-23/h6-11,24H,1-5,12-19H2,(H,30,31)(H,32,35)(H,33,34)/t24-/m0/s1. The number of nitrogens with one attached hydrogen (secondary N) is 2. The van der Waals surface area contributed by atoms with Gasteiger partial charge >= 0.3 is 5.97 Å². The monoisotopic (exact) mass is 513 g/mol. The molecule has 0 aliphatic carbocycles. The Bertz CT molecular complexity index is 1060. The number of carboxylic acids is 1. The van der Waals surface area contributed by atoms with Crippen LogP contribution < -0.4 is 10.6 Å². The molecule has 0 unspecified atom stereocenters. The summed E-state index contributed by atoms with van der Waals surface area (Å²) in [5.41, 5.74) is 2.06. The molecule has 1 aromatic carbocycles. The topological polar surface area (TPSA) is 110 Å². The van der Waals surface area contributed by atoms with Gasteiger partial charge in [-0.3, -0.25) is 4.79 Å². The first-order chi connectivity index (χ1) is 18.0. The largest absolute Gasteiger partial charge is 0.480 e. The third kappa shape index (κ3) is 7.05. The Balaban J connectivity index is 1.22. The Morgan fingerprint density at radius 1 is 1.14 bits per heavy atom. The van der Waals surface area contributed by atoms with Gasteiger partial charge in [-0.15, -0.1) is 0 Å². The number of anilines is 1. The Morgan fingerprint density at radius 2 is 1.92 bits per heavy atom. The second kappa shape index (κ2) is 13.0. The van der Waals surface area contributed by atoms with Crippen molar-refractivity contribution >= 4 is 17.7 Å². The third-order valence-electron chi connectivity index (χ3n) is 7.26. The average Bonchev–Trinajstić information content (AvgIpc) is 2.92. The molecule has 1 atom stereocenters. The van der Waals surface area contributed by atoms with E-state index in [0.29, 0.717) is 38.2 Å². The number of carboxylic acid groups (broad SMARTS) is 1. The number of nitrogens with zero attached hydrogens (tertiary/aromatic N) is 1. The summed E-state index contributed by atoms with van der Waals surface area (Å²) in [7, 11) is 0. The van der Waals surface area contributed by atoms with Crippen molar-refractivity contribution in [2.24, 2.45) is 0 Å². The number of rotatable bonds is 12. The number of carbonyl (C=O) groups excluding carboxylic acids is 1. The molecule has 9 heteroatoms. The smallest absolute Gasteiger partial charge is 0.326 e. The number of aryl methyl sites for hydroxylation is 2. The van der Waals surface area contributed by atoms with Crippen molar-refractivity contribution in [3.63, 3.8) is 0 Å². The molecule has 1 fully saturated rings. The van der Waals surface area contributed by atoms with Gasteiger partial charge < -0.3 is 25.2 Å². The first-order valence-corrected chi connectivity index (χ1v) is 13.2. The number of aromatic nitrogens is 1. The number of pyridine rings is 1. The molecule has 200 valence electrons. The van der Waals surface area contributed by atoms with Crippen molar-refractivity contribution in [1.29, 1.82) is 0 Å². The average molecular weight is 514 g/mol. The second-order valence-electron chi connectivity index (χ2n) is 9.76. The zero-order valence-corrected chi connectivity index (χ0v) is 21.1. The molecule has 2 aliphatic heterocycles. The maximum Gasteiger partial charge on any atom is 0.326 e. The van der Waals surface area contributed by atoms with E-state index in [9.17, 15) is 19.1 Å². The van der Waals surface area contributed by atoms with E-state index in [2.05, 4.69) is 22.8 Å². The number of hydrogen-bond donors (Lipinski definition) is 3. The molecule has 3 heterocycles. The van der Waals surface area contributed by atoms with Crippen molar-refractivity contribution in [1.82, 2.24) is 10.3 Å². The van der Waals surface area contributed by atoms with E-state index in [1.165, 1.54) is 17.7 Å². The fourth-order valence-corrected chi connectivity index (χ4v) is 5.01. The minimum absolute atomic E-state index is 0.162. The van der Waals surface area contributed by atoms with Crippen molar-refractivity contribution in [2.75, 3.05) is 38.3 Å². The molecular formula is C28H36FN3O5. The summed E-state index contributed by atoms with van der Waals surface area (Å²) in [5.74, 6) is -0.862. The van der Waals surface area contributed by atoms with Gasteiger partial charge in [-0.1, -0.05) is 18.2 Å². The van der Waals surface area contributed by atoms with Gasteiger partial charge in [0.1, 0.15) is 17.7 Å². The van der Waals surface area contributed by atoms with E-state index in [-0.39, 0.29) is 24.8 Å². The fourth-order valence-electron chi connectivity index (χ4n) is 5.01. The zero-order chi connectivity index (χ0) is 26.1. The summed E-state index contributed by atoms with van der Waals surface area (Å²) >= 11 is 0. The van der Waals surface area contributed by atoms with E-state index in [1.54, 1.807) is 12.1 Å². The highest BCUT2D eigenvalue weighted by Gasteiger charge is 2.43. The third-order valence-corrected chi connectivity index (χ3v) is 7.26. The maximum absolute atomic E-state index is 13.5. The number of halogens is 1. The van der Waals surface area contributed by atoms with Gasteiger partial charge in [0.15, 0.2) is 0 Å². The Morgan fingerprint density at radius 3 is 2.68 bits per heavy atom. The quantitative estimate of drug-likeness (QED) is 0.372. The lowest BCUT2D eigenvalue weighted by Gasteiger charge is -2.37. The van der Waals surface area contributed by atoms with E-state index >= 15 is 0 Å². The van der Waals surface area contributed by atoms with Crippen LogP contribution in [-0.4, -0.2) is 61.0 Å². The van der Waals surface area contributed by atoms with Crippen LogP contribution >= 0.6 is 0 Å². The molecule has 2 aliphatic rings. The van der Waals surface area contributed by atoms with Crippen molar-refractivity contribution in [3.05, 3.63) is 59.0 Å². The van der Waals surface area contributed by atoms with E-state index in [4.69, 9.17) is 14.5 Å². The van der Waals surface area contributed by atoms with Crippen LogP contribution in [0.4, 0.5) is 10.2 Å². The lowest BCUT2D eigenvalue weighted by Crippen LogP contribution is -2.53. The Kier molecular flexibility index (Phi) is 9.46. The molecule has 0 saturated carbocycles. The van der Waals surface area contributed by atoms with Crippen LogP contribution in [0.25, 0.3) is 0 Å². The molecule has 4 rings (SSSR count). The molecule has 0 radical (unpaired) electrons. The molecule has 37 heavy (non-hydrogen) atoms. The number of aliphatic carboxylic acids is 1. The number of unbranched alkanes of at least 4 members (excludes halogenated alkanes) is 1.